The first-order chi connectivity index (χ1) is 12.3. The van der Waals surface area contributed by atoms with E-state index in [1.54, 1.807) is 0 Å². The molecule has 4 heteroatoms. The van der Waals surface area contributed by atoms with E-state index in [0.717, 1.165) is 16.2 Å². The molecule has 3 aromatic carbocycles. The van der Waals surface area contributed by atoms with Gasteiger partial charge in [-0.25, -0.2) is 0 Å². The van der Waals surface area contributed by atoms with Crippen LogP contribution < -0.4 is 5.12 Å². The van der Waals surface area contributed by atoms with Crippen LogP contribution in [0.15, 0.2) is 95.0 Å². The number of benzene rings is 3. The molecule has 0 bridgehead atoms. The predicted octanol–water partition coefficient (Wildman–Crippen LogP) is 3.28. The van der Waals surface area contributed by atoms with Crippen molar-refractivity contribution in [1.29, 1.82) is 0 Å². The molecule has 3 aromatic rings. The van der Waals surface area contributed by atoms with Crippen LogP contribution in [0, 0.1) is 0 Å². The topological polar surface area (TPSA) is 43.3 Å². The molecule has 0 amide bonds. The second kappa shape index (κ2) is 6.71. The maximum Gasteiger partial charge on any atom is 0.116 e. The van der Waals surface area contributed by atoms with E-state index in [1.807, 2.05) is 55.6 Å². The number of rotatable bonds is 3. The lowest BCUT2D eigenvalue weighted by Gasteiger charge is -2.26. The SMILES string of the molecule is C[NH+]1N=C(c2ccc(-c3ccccc3)cc2)N=C(c2ccccc2)[N-]1. The van der Waals surface area contributed by atoms with E-state index in [9.17, 15) is 0 Å². The second-order valence-corrected chi connectivity index (χ2v) is 5.84. The van der Waals surface area contributed by atoms with Crippen LogP contribution in [0.2, 0.25) is 0 Å². The van der Waals surface area contributed by atoms with Crippen molar-refractivity contribution in [3.05, 3.63) is 101 Å². The molecule has 0 saturated heterocycles. The summed E-state index contributed by atoms with van der Waals surface area (Å²) in [5, 5.41) is 5.23. The highest BCUT2D eigenvalue weighted by Crippen LogP contribution is 2.20. The number of hydrogen-bond acceptors (Lipinski definition) is 2. The number of nitrogens with zero attached hydrogens (tertiary/aromatic N) is 3. The fourth-order valence-corrected chi connectivity index (χ4v) is 2.77. The molecule has 4 rings (SSSR count). The zero-order valence-corrected chi connectivity index (χ0v) is 13.9. The Bertz CT molecular complexity index is 913. The predicted molar refractivity (Wildman–Crippen MR) is 102 cm³/mol. The lowest BCUT2D eigenvalue weighted by Crippen LogP contribution is -3.01. The molecule has 0 radical (unpaired) electrons. The molecular weight excluding hydrogens is 308 g/mol. The van der Waals surface area contributed by atoms with Gasteiger partial charge in [-0.05, 0) is 16.7 Å². The van der Waals surface area contributed by atoms with E-state index in [4.69, 9.17) is 0 Å². The highest BCUT2D eigenvalue weighted by molar-refractivity contribution is 6.16. The van der Waals surface area contributed by atoms with Crippen LogP contribution in [0.1, 0.15) is 11.1 Å². The van der Waals surface area contributed by atoms with Crippen LogP contribution >= 0.6 is 0 Å². The third-order valence-electron chi connectivity index (χ3n) is 4.03. The standard InChI is InChI=1S/C21H18N4/c1-25-23-20(18-10-6-3-7-11-18)22-21(24-25)19-14-12-17(13-15-19)16-8-4-2-5-9-16/h2-15,25H,1H3. The molecule has 4 nitrogen and oxygen atoms in total. The summed E-state index contributed by atoms with van der Waals surface area (Å²) in [6.07, 6.45) is 0. The summed E-state index contributed by atoms with van der Waals surface area (Å²) >= 11 is 0. The maximum atomic E-state index is 4.65. The molecule has 0 fully saturated rings. The minimum absolute atomic E-state index is 0.700. The van der Waals surface area contributed by atoms with Gasteiger partial charge in [0, 0.05) is 11.4 Å². The van der Waals surface area contributed by atoms with Gasteiger partial charge in [0.25, 0.3) is 0 Å². The van der Waals surface area contributed by atoms with Gasteiger partial charge in [-0.3, -0.25) is 5.43 Å². The van der Waals surface area contributed by atoms with E-state index >= 15 is 0 Å². The van der Waals surface area contributed by atoms with Crippen molar-refractivity contribution in [3.63, 3.8) is 0 Å². The van der Waals surface area contributed by atoms with E-state index in [1.165, 1.54) is 11.1 Å². The molecule has 1 aliphatic heterocycles. The monoisotopic (exact) mass is 326 g/mol. The van der Waals surface area contributed by atoms with E-state index in [0.29, 0.717) is 11.7 Å². The molecule has 1 heterocycles. The molecule has 25 heavy (non-hydrogen) atoms. The summed E-state index contributed by atoms with van der Waals surface area (Å²) in [7, 11) is 1.90. The van der Waals surface area contributed by atoms with Gasteiger partial charge in [0.1, 0.15) is 12.9 Å². The van der Waals surface area contributed by atoms with E-state index in [-0.39, 0.29) is 0 Å². The number of hydrogen-bond donors (Lipinski definition) is 1. The van der Waals surface area contributed by atoms with E-state index in [2.05, 4.69) is 51.9 Å². The average Bonchev–Trinajstić information content (AvgIpc) is 2.69. The number of nitrogens with one attached hydrogen (secondary N) is 1. The van der Waals surface area contributed by atoms with E-state index < -0.39 is 0 Å². The molecular formula is C21H18N4. The Balaban J connectivity index is 1.65. The molecule has 1 N–H and O–H groups in total. The third-order valence-corrected chi connectivity index (χ3v) is 4.03. The quantitative estimate of drug-likeness (QED) is 0.768. The van der Waals surface area contributed by atoms with Crippen molar-refractivity contribution < 1.29 is 5.12 Å². The van der Waals surface area contributed by atoms with Gasteiger partial charge in [0.05, 0.1) is 0 Å². The van der Waals surface area contributed by atoms with Gasteiger partial charge in [-0.2, -0.15) is 5.12 Å². The lowest BCUT2D eigenvalue weighted by molar-refractivity contribution is -0.842. The normalized spacial score (nSPS) is 16.6. The highest BCUT2D eigenvalue weighted by atomic mass is 15.7. The molecule has 0 saturated carbocycles. The van der Waals surface area contributed by atoms with Crippen LogP contribution in [-0.4, -0.2) is 18.7 Å². The fourth-order valence-electron chi connectivity index (χ4n) is 2.77. The first-order valence-electron chi connectivity index (χ1n) is 8.23. The largest absolute Gasteiger partial charge is 0.410 e. The minimum Gasteiger partial charge on any atom is -0.410 e. The Kier molecular flexibility index (Phi) is 4.11. The molecule has 1 atom stereocenters. The Labute approximate surface area is 147 Å². The van der Waals surface area contributed by atoms with Gasteiger partial charge in [0.15, 0.2) is 0 Å². The molecule has 0 aliphatic carbocycles. The van der Waals surface area contributed by atoms with Crippen LogP contribution in [0.4, 0.5) is 0 Å². The Morgan fingerprint density at radius 2 is 1.16 bits per heavy atom. The zero-order chi connectivity index (χ0) is 17.1. The van der Waals surface area contributed by atoms with Crippen LogP contribution in [-0.2, 0) is 0 Å². The number of quaternary nitrogens is 1. The summed E-state index contributed by atoms with van der Waals surface area (Å²) in [6.45, 7) is 0. The summed E-state index contributed by atoms with van der Waals surface area (Å²) in [6, 6.07) is 28.6. The summed E-state index contributed by atoms with van der Waals surface area (Å²) in [4.78, 5) is 4.65. The Morgan fingerprint density at radius 3 is 1.80 bits per heavy atom. The fraction of sp³-hybridized carbons (Fsp3) is 0.0476. The van der Waals surface area contributed by atoms with Crippen LogP contribution in [0.3, 0.4) is 0 Å². The van der Waals surface area contributed by atoms with Crippen molar-refractivity contribution in [3.8, 4) is 11.1 Å². The van der Waals surface area contributed by atoms with Crippen molar-refractivity contribution in [2.75, 3.05) is 7.05 Å². The average molecular weight is 326 g/mol. The van der Waals surface area contributed by atoms with Crippen LogP contribution in [0.5, 0.6) is 0 Å². The number of amidine groups is 2. The molecule has 1 aliphatic rings. The highest BCUT2D eigenvalue weighted by Gasteiger charge is 2.10. The maximum absolute atomic E-state index is 4.65. The van der Waals surface area contributed by atoms with Gasteiger partial charge in [-0.1, -0.05) is 90.0 Å². The molecule has 0 aromatic heterocycles. The second-order valence-electron chi connectivity index (χ2n) is 5.84. The smallest absolute Gasteiger partial charge is 0.116 e. The molecule has 1 unspecified atom stereocenters. The van der Waals surface area contributed by atoms with Crippen molar-refractivity contribution in [1.82, 2.24) is 0 Å². The zero-order valence-electron chi connectivity index (χ0n) is 13.9. The Morgan fingerprint density at radius 1 is 0.640 bits per heavy atom. The summed E-state index contributed by atoms with van der Waals surface area (Å²) in [5.41, 5.74) is 8.84. The first kappa shape index (κ1) is 15.3. The molecule has 122 valence electrons. The van der Waals surface area contributed by atoms with Gasteiger partial charge < -0.3 is 4.99 Å². The van der Waals surface area contributed by atoms with Gasteiger partial charge in [-0.15, -0.1) is 0 Å². The van der Waals surface area contributed by atoms with Crippen molar-refractivity contribution in [2.45, 2.75) is 0 Å². The van der Waals surface area contributed by atoms with Crippen molar-refractivity contribution in [2.24, 2.45) is 10.1 Å². The first-order valence-corrected chi connectivity index (χ1v) is 8.23. The third kappa shape index (κ3) is 3.34. The van der Waals surface area contributed by atoms with Crippen LogP contribution in [0.25, 0.3) is 16.6 Å². The number of aliphatic imine (C=N–C) groups is 1. The molecule has 0 spiro atoms. The van der Waals surface area contributed by atoms with Gasteiger partial charge >= 0.3 is 0 Å². The van der Waals surface area contributed by atoms with Gasteiger partial charge in [0.2, 0.25) is 0 Å². The minimum atomic E-state index is 0.700. The Hall–Kier alpha value is -3.24. The summed E-state index contributed by atoms with van der Waals surface area (Å²) in [5.74, 6) is 1.40. The van der Waals surface area contributed by atoms with Crippen molar-refractivity contribution >= 4 is 11.7 Å². The summed E-state index contributed by atoms with van der Waals surface area (Å²) < 4.78 is 0. The lowest BCUT2D eigenvalue weighted by atomic mass is 10.0.